The third kappa shape index (κ3) is 3.72. The van der Waals surface area contributed by atoms with E-state index in [0.29, 0.717) is 16.8 Å². The van der Waals surface area contributed by atoms with Gasteiger partial charge in [0.2, 0.25) is 5.78 Å². The maximum absolute atomic E-state index is 13.0. The fourth-order valence-electron chi connectivity index (χ4n) is 3.60. The average molecular weight is 439 g/mol. The smallest absolute Gasteiger partial charge is 0.331 e. The summed E-state index contributed by atoms with van der Waals surface area (Å²) in [6.45, 7) is 4.79. The van der Waals surface area contributed by atoms with E-state index in [1.54, 1.807) is 25.1 Å². The van der Waals surface area contributed by atoms with Gasteiger partial charge in [-0.2, -0.15) is 0 Å². The van der Waals surface area contributed by atoms with Crippen LogP contribution in [0.4, 0.5) is 0 Å². The molecule has 0 fully saturated rings. The lowest BCUT2D eigenvalue weighted by Crippen LogP contribution is -2.31. The van der Waals surface area contributed by atoms with Crippen molar-refractivity contribution in [2.75, 3.05) is 0 Å². The summed E-state index contributed by atoms with van der Waals surface area (Å²) in [6.07, 6.45) is -1.03. The summed E-state index contributed by atoms with van der Waals surface area (Å²) in [6, 6.07) is 12.8. The number of aromatic nitrogens is 1. The van der Waals surface area contributed by atoms with E-state index in [1.165, 1.54) is 19.9 Å². The molecule has 0 saturated heterocycles. The number of nitrogens with zero attached hydrogens (tertiary/aromatic N) is 1. The summed E-state index contributed by atoms with van der Waals surface area (Å²) in [4.78, 5) is 33.0. The number of para-hydroxylation sites is 1. The normalized spacial score (nSPS) is 17.7. The van der Waals surface area contributed by atoms with Crippen molar-refractivity contribution < 1.29 is 22.7 Å². The Bertz CT molecular complexity index is 1340. The summed E-state index contributed by atoms with van der Waals surface area (Å²) in [5, 5.41) is 0.762. The first-order chi connectivity index (χ1) is 14.7. The highest BCUT2D eigenvalue weighted by Gasteiger charge is 2.32. The van der Waals surface area contributed by atoms with E-state index in [0.717, 1.165) is 10.9 Å². The van der Waals surface area contributed by atoms with Crippen LogP contribution in [0.2, 0.25) is 0 Å². The van der Waals surface area contributed by atoms with E-state index in [4.69, 9.17) is 4.74 Å². The number of ketones is 1. The van der Waals surface area contributed by atoms with E-state index >= 15 is 0 Å². The average Bonchev–Trinajstić information content (AvgIpc) is 3.20. The Balaban J connectivity index is 1.52. The van der Waals surface area contributed by atoms with Crippen molar-refractivity contribution in [1.82, 2.24) is 9.71 Å². The molecule has 3 aromatic rings. The molecular weight excluding hydrogens is 418 g/mol. The zero-order chi connectivity index (χ0) is 22.3. The minimum absolute atomic E-state index is 0.0755. The molecule has 2 atom stereocenters. The van der Waals surface area contributed by atoms with Crippen molar-refractivity contribution in [3.63, 3.8) is 0 Å². The number of Topliss-reactive ketones (excluding diaryl/α,β-unsaturated/α-hetero) is 1. The van der Waals surface area contributed by atoms with Gasteiger partial charge in [0.25, 0.3) is 10.0 Å². The zero-order valence-electron chi connectivity index (χ0n) is 17.2. The number of hydrogen-bond acceptors (Lipinski definition) is 6. The number of rotatable bonds is 5. The summed E-state index contributed by atoms with van der Waals surface area (Å²) >= 11 is 0. The number of carbonyl (C=O) groups excluding carboxylic acids is 2. The molecule has 0 bridgehead atoms. The van der Waals surface area contributed by atoms with E-state index in [2.05, 4.69) is 14.7 Å². The van der Waals surface area contributed by atoms with Crippen LogP contribution in [0.15, 0.2) is 58.4 Å². The van der Waals surface area contributed by atoms with E-state index in [9.17, 15) is 18.0 Å². The van der Waals surface area contributed by atoms with Crippen molar-refractivity contribution >= 4 is 38.5 Å². The Morgan fingerprint density at radius 1 is 1.03 bits per heavy atom. The lowest BCUT2D eigenvalue weighted by atomic mass is 10.0. The van der Waals surface area contributed by atoms with Gasteiger partial charge in [0, 0.05) is 27.7 Å². The fourth-order valence-corrected chi connectivity index (χ4v) is 4.84. The quantitative estimate of drug-likeness (QED) is 0.468. The molecule has 2 heterocycles. The summed E-state index contributed by atoms with van der Waals surface area (Å²) in [5.74, 6) is -0.976. The fraction of sp³-hybridized carbons (Fsp3) is 0.227. The van der Waals surface area contributed by atoms with Crippen molar-refractivity contribution in [3.05, 3.63) is 65.4 Å². The SMILES string of the molecule is Cc1[nH]c2ccccc2c1C(=O)[C@H](C)OC(=O)[C@H](C)N=C1NS(=O)(=O)c2ccccc21. The molecule has 9 heteroatoms. The van der Waals surface area contributed by atoms with E-state index in [-0.39, 0.29) is 16.5 Å². The number of aliphatic imine (C=N–C) groups is 1. The molecule has 4 rings (SSSR count). The summed E-state index contributed by atoms with van der Waals surface area (Å²) in [7, 11) is -3.71. The van der Waals surface area contributed by atoms with Crippen LogP contribution in [-0.2, 0) is 19.6 Å². The highest BCUT2D eigenvalue weighted by atomic mass is 32.2. The second kappa shape index (κ2) is 7.66. The van der Waals surface area contributed by atoms with Crippen LogP contribution in [0.1, 0.15) is 35.5 Å². The number of H-pyrrole nitrogens is 1. The standard InChI is InChI=1S/C22H21N3O5S/c1-12-19(15-8-4-6-10-17(15)23-12)20(26)14(3)30-22(27)13(2)24-21-16-9-5-7-11-18(16)31(28,29)25-21/h4-11,13-14,23H,1-3H3,(H,24,25)/t13-,14-/m0/s1. The Morgan fingerprint density at radius 2 is 1.71 bits per heavy atom. The van der Waals surface area contributed by atoms with Crippen LogP contribution in [0.3, 0.4) is 0 Å². The van der Waals surface area contributed by atoms with Crippen molar-refractivity contribution in [2.24, 2.45) is 4.99 Å². The zero-order valence-corrected chi connectivity index (χ0v) is 18.0. The van der Waals surface area contributed by atoms with Gasteiger partial charge in [0.15, 0.2) is 6.10 Å². The van der Waals surface area contributed by atoms with Gasteiger partial charge >= 0.3 is 5.97 Å². The number of aromatic amines is 1. The van der Waals surface area contributed by atoms with Gasteiger partial charge in [0.05, 0.1) is 4.90 Å². The second-order valence-corrected chi connectivity index (χ2v) is 9.02. The van der Waals surface area contributed by atoms with Crippen molar-refractivity contribution in [2.45, 2.75) is 37.8 Å². The number of aryl methyl sites for hydroxylation is 1. The molecule has 160 valence electrons. The lowest BCUT2D eigenvalue weighted by Gasteiger charge is -2.15. The maximum atomic E-state index is 13.0. The molecule has 0 aliphatic carbocycles. The predicted molar refractivity (Wildman–Crippen MR) is 116 cm³/mol. The molecule has 2 N–H and O–H groups in total. The molecule has 0 spiro atoms. The van der Waals surface area contributed by atoms with Crippen LogP contribution in [0, 0.1) is 6.92 Å². The molecule has 2 aromatic carbocycles. The number of carbonyl (C=O) groups is 2. The summed E-state index contributed by atoms with van der Waals surface area (Å²) in [5.41, 5.74) is 2.39. The van der Waals surface area contributed by atoms with Crippen LogP contribution in [0.5, 0.6) is 0 Å². The molecule has 8 nitrogen and oxygen atoms in total. The minimum Gasteiger partial charge on any atom is -0.453 e. The van der Waals surface area contributed by atoms with E-state index < -0.39 is 28.1 Å². The number of nitrogens with one attached hydrogen (secondary N) is 2. The van der Waals surface area contributed by atoms with Gasteiger partial charge in [-0.15, -0.1) is 0 Å². The Hall–Kier alpha value is -3.46. The number of hydrogen-bond donors (Lipinski definition) is 2. The molecule has 0 amide bonds. The number of fused-ring (bicyclic) bond motifs is 2. The Kier molecular flexibility index (Phi) is 5.14. The molecule has 31 heavy (non-hydrogen) atoms. The van der Waals surface area contributed by atoms with Crippen molar-refractivity contribution in [1.29, 1.82) is 0 Å². The number of ether oxygens (including phenoxy) is 1. The largest absolute Gasteiger partial charge is 0.453 e. The second-order valence-electron chi connectivity index (χ2n) is 7.37. The first-order valence-corrected chi connectivity index (χ1v) is 11.2. The Labute approximate surface area is 179 Å². The van der Waals surface area contributed by atoms with Gasteiger partial charge in [-0.3, -0.25) is 14.5 Å². The van der Waals surface area contributed by atoms with Gasteiger partial charge in [0.1, 0.15) is 11.9 Å². The number of benzene rings is 2. The van der Waals surface area contributed by atoms with Gasteiger partial charge < -0.3 is 9.72 Å². The minimum atomic E-state index is -3.71. The van der Waals surface area contributed by atoms with Crippen LogP contribution < -0.4 is 4.72 Å². The van der Waals surface area contributed by atoms with Crippen molar-refractivity contribution in [3.8, 4) is 0 Å². The lowest BCUT2D eigenvalue weighted by molar-refractivity contribution is -0.147. The van der Waals surface area contributed by atoms with Crippen LogP contribution in [0.25, 0.3) is 10.9 Å². The third-order valence-corrected chi connectivity index (χ3v) is 6.53. The monoisotopic (exact) mass is 439 g/mol. The topological polar surface area (TPSA) is 118 Å². The molecule has 1 aliphatic heterocycles. The summed E-state index contributed by atoms with van der Waals surface area (Å²) < 4.78 is 32.1. The molecule has 0 unspecified atom stereocenters. The highest BCUT2D eigenvalue weighted by Crippen LogP contribution is 2.25. The van der Waals surface area contributed by atoms with E-state index in [1.807, 2.05) is 24.3 Å². The first-order valence-electron chi connectivity index (χ1n) is 9.71. The van der Waals surface area contributed by atoms with Crippen LogP contribution in [-0.4, -0.2) is 43.1 Å². The molecule has 0 saturated carbocycles. The molecule has 1 aliphatic rings. The highest BCUT2D eigenvalue weighted by molar-refractivity contribution is 7.90. The number of amidine groups is 1. The predicted octanol–water partition coefficient (Wildman–Crippen LogP) is 2.72. The first kappa shape index (κ1) is 20.8. The van der Waals surface area contributed by atoms with Gasteiger partial charge in [-0.1, -0.05) is 30.3 Å². The number of sulfonamides is 1. The van der Waals surface area contributed by atoms with Gasteiger partial charge in [-0.05, 0) is 39.0 Å². The molecule has 0 radical (unpaired) electrons. The third-order valence-electron chi connectivity index (χ3n) is 5.13. The maximum Gasteiger partial charge on any atom is 0.331 e. The van der Waals surface area contributed by atoms with Crippen LogP contribution >= 0.6 is 0 Å². The molecule has 1 aromatic heterocycles. The Morgan fingerprint density at radius 3 is 2.48 bits per heavy atom. The van der Waals surface area contributed by atoms with Gasteiger partial charge in [-0.25, -0.2) is 13.2 Å². The molecular formula is C22H21N3O5S. The number of esters is 1.